The Labute approximate surface area is 178 Å². The van der Waals surface area contributed by atoms with Gasteiger partial charge in [0, 0.05) is 18.8 Å². The molecule has 0 spiro atoms. The number of anilines is 1. The summed E-state index contributed by atoms with van der Waals surface area (Å²) in [5, 5.41) is 27.7. The number of benzene rings is 3. The summed E-state index contributed by atoms with van der Waals surface area (Å²) in [6.07, 6.45) is -0.0978. The zero-order valence-electron chi connectivity index (χ0n) is 16.6. The van der Waals surface area contributed by atoms with E-state index >= 15 is 0 Å². The highest BCUT2D eigenvalue weighted by atomic mass is 16.4. The summed E-state index contributed by atoms with van der Waals surface area (Å²) in [6, 6.07) is 21.6. The van der Waals surface area contributed by atoms with Crippen molar-refractivity contribution >= 4 is 23.6 Å². The fraction of sp³-hybridized carbons (Fsp3) is 0.125. The van der Waals surface area contributed by atoms with Gasteiger partial charge in [-0.2, -0.15) is 0 Å². The first-order chi connectivity index (χ1) is 14.8. The summed E-state index contributed by atoms with van der Waals surface area (Å²) in [7, 11) is 0. The average Bonchev–Trinajstić information content (AvgIpc) is 2.77. The minimum Gasteiger partial charge on any atom is -0.481 e. The van der Waals surface area contributed by atoms with Crippen molar-refractivity contribution in [3.63, 3.8) is 0 Å². The Morgan fingerprint density at radius 2 is 1.32 bits per heavy atom. The summed E-state index contributed by atoms with van der Waals surface area (Å²) in [5.41, 5.74) is 2.83. The van der Waals surface area contributed by atoms with Crippen LogP contribution in [0.5, 0.6) is 0 Å². The lowest BCUT2D eigenvalue weighted by atomic mass is 10.0. The molecule has 3 aromatic carbocycles. The van der Waals surface area contributed by atoms with Crippen molar-refractivity contribution in [2.24, 2.45) is 0 Å². The number of carboxylic acids is 3. The largest absolute Gasteiger partial charge is 0.481 e. The molecule has 158 valence electrons. The van der Waals surface area contributed by atoms with Gasteiger partial charge in [-0.25, -0.2) is 9.59 Å². The Kier molecular flexibility index (Phi) is 6.67. The fourth-order valence-electron chi connectivity index (χ4n) is 3.30. The van der Waals surface area contributed by atoms with Gasteiger partial charge in [-0.15, -0.1) is 0 Å². The summed E-state index contributed by atoms with van der Waals surface area (Å²) < 4.78 is 0. The normalized spacial score (nSPS) is 10.5. The molecule has 3 N–H and O–H groups in total. The van der Waals surface area contributed by atoms with E-state index in [2.05, 4.69) is 0 Å². The van der Waals surface area contributed by atoms with E-state index in [1.54, 1.807) is 6.07 Å². The van der Waals surface area contributed by atoms with Crippen molar-refractivity contribution in [2.45, 2.75) is 13.0 Å². The molecule has 7 nitrogen and oxygen atoms in total. The van der Waals surface area contributed by atoms with Crippen LogP contribution < -0.4 is 4.90 Å². The van der Waals surface area contributed by atoms with Crippen LogP contribution in [0.4, 0.5) is 5.69 Å². The molecule has 7 heteroatoms. The molecule has 0 saturated heterocycles. The molecule has 3 rings (SSSR count). The number of hydrogen-bond acceptors (Lipinski definition) is 4. The second-order valence-corrected chi connectivity index (χ2v) is 6.97. The van der Waals surface area contributed by atoms with Gasteiger partial charge < -0.3 is 20.2 Å². The summed E-state index contributed by atoms with van der Waals surface area (Å²) >= 11 is 0. The van der Waals surface area contributed by atoms with Gasteiger partial charge in [-0.1, -0.05) is 48.5 Å². The highest BCUT2D eigenvalue weighted by Gasteiger charge is 2.18. The molecule has 0 aliphatic carbocycles. The highest BCUT2D eigenvalue weighted by molar-refractivity contribution is 6.01. The summed E-state index contributed by atoms with van der Waals surface area (Å²) in [5.74, 6) is -3.59. The van der Waals surface area contributed by atoms with Crippen LogP contribution in [-0.2, 0) is 11.3 Å². The van der Waals surface area contributed by atoms with Crippen molar-refractivity contribution in [3.05, 3.63) is 89.5 Å². The molecule has 3 aromatic rings. The van der Waals surface area contributed by atoms with Crippen LogP contribution in [0.2, 0.25) is 0 Å². The third kappa shape index (κ3) is 5.48. The third-order valence-corrected chi connectivity index (χ3v) is 4.85. The molecule has 0 fully saturated rings. The lowest BCUT2D eigenvalue weighted by Crippen LogP contribution is -2.26. The maximum atomic E-state index is 11.5. The molecule has 0 saturated carbocycles. The summed E-state index contributed by atoms with van der Waals surface area (Å²) in [6.45, 7) is 0.446. The van der Waals surface area contributed by atoms with Gasteiger partial charge >= 0.3 is 17.9 Å². The number of carbonyl (C=O) groups is 3. The van der Waals surface area contributed by atoms with Gasteiger partial charge in [0.1, 0.15) is 0 Å². The second-order valence-electron chi connectivity index (χ2n) is 6.97. The zero-order valence-corrected chi connectivity index (χ0v) is 16.6. The molecule has 0 aliphatic rings. The minimum absolute atomic E-state index is 0.0978. The Morgan fingerprint density at radius 3 is 1.90 bits per heavy atom. The van der Waals surface area contributed by atoms with Crippen molar-refractivity contribution < 1.29 is 29.7 Å². The first-order valence-corrected chi connectivity index (χ1v) is 9.57. The van der Waals surface area contributed by atoms with Gasteiger partial charge in [0.15, 0.2) is 0 Å². The Hall–Kier alpha value is -4.13. The average molecular weight is 419 g/mol. The summed E-state index contributed by atoms with van der Waals surface area (Å²) in [4.78, 5) is 35.7. The van der Waals surface area contributed by atoms with Gasteiger partial charge in [-0.05, 0) is 41.0 Å². The highest BCUT2D eigenvalue weighted by Crippen LogP contribution is 2.25. The molecule has 0 atom stereocenters. The maximum absolute atomic E-state index is 11.5. The number of carboxylic acid groups (broad SMARTS) is 3. The van der Waals surface area contributed by atoms with E-state index in [0.717, 1.165) is 16.8 Å². The Bertz CT molecular complexity index is 1090. The maximum Gasteiger partial charge on any atom is 0.336 e. The van der Waals surface area contributed by atoms with E-state index in [0.29, 0.717) is 5.56 Å². The number of aliphatic carboxylic acids is 1. The SMILES string of the molecule is O=C(O)CCN(Cc1ccc(C(=O)O)c(C(=O)O)c1)c1ccc(-c2ccccc2)cc1. The lowest BCUT2D eigenvalue weighted by molar-refractivity contribution is -0.136. The molecule has 0 aliphatic heterocycles. The van der Waals surface area contributed by atoms with Gasteiger partial charge in [-0.3, -0.25) is 4.79 Å². The molecule has 0 radical (unpaired) electrons. The van der Waals surface area contributed by atoms with E-state index in [1.165, 1.54) is 12.1 Å². The van der Waals surface area contributed by atoms with E-state index in [9.17, 15) is 24.6 Å². The standard InChI is InChI=1S/C24H21NO6/c26-22(27)12-13-25(15-16-6-11-20(23(28)29)21(14-16)24(30)31)19-9-7-18(8-10-19)17-4-2-1-3-5-17/h1-11,14H,12-13,15H2,(H,26,27)(H,28,29)(H,30,31). The van der Waals surface area contributed by atoms with Crippen molar-refractivity contribution in [3.8, 4) is 11.1 Å². The van der Waals surface area contributed by atoms with Crippen LogP contribution in [0.3, 0.4) is 0 Å². The van der Waals surface area contributed by atoms with Crippen molar-refractivity contribution in [2.75, 3.05) is 11.4 Å². The predicted octanol–water partition coefficient (Wildman–Crippen LogP) is 4.23. The quantitative estimate of drug-likeness (QED) is 0.475. The van der Waals surface area contributed by atoms with Crippen LogP contribution in [0, 0.1) is 0 Å². The molecule has 0 unspecified atom stereocenters. The predicted molar refractivity (Wildman–Crippen MR) is 116 cm³/mol. The Morgan fingerprint density at radius 1 is 0.710 bits per heavy atom. The van der Waals surface area contributed by atoms with Crippen LogP contribution >= 0.6 is 0 Å². The first kappa shape index (κ1) is 21.6. The second kappa shape index (κ2) is 9.58. The molecule has 0 amide bonds. The third-order valence-electron chi connectivity index (χ3n) is 4.85. The molecular weight excluding hydrogens is 398 g/mol. The topological polar surface area (TPSA) is 115 Å². The van der Waals surface area contributed by atoms with E-state index in [1.807, 2.05) is 59.5 Å². The van der Waals surface area contributed by atoms with Gasteiger partial charge in [0.05, 0.1) is 17.5 Å². The molecule has 0 heterocycles. The molecule has 31 heavy (non-hydrogen) atoms. The van der Waals surface area contributed by atoms with Crippen molar-refractivity contribution in [1.82, 2.24) is 0 Å². The number of aromatic carboxylic acids is 2. The van der Waals surface area contributed by atoms with Gasteiger partial charge in [0.25, 0.3) is 0 Å². The number of nitrogens with zero attached hydrogens (tertiary/aromatic N) is 1. The van der Waals surface area contributed by atoms with Crippen LogP contribution in [-0.4, -0.2) is 39.8 Å². The van der Waals surface area contributed by atoms with Crippen LogP contribution in [0.1, 0.15) is 32.7 Å². The van der Waals surface area contributed by atoms with E-state index < -0.39 is 17.9 Å². The smallest absolute Gasteiger partial charge is 0.336 e. The van der Waals surface area contributed by atoms with E-state index in [4.69, 9.17) is 5.11 Å². The lowest BCUT2D eigenvalue weighted by Gasteiger charge is -2.25. The molecule has 0 bridgehead atoms. The fourth-order valence-corrected chi connectivity index (χ4v) is 3.30. The molecular formula is C24H21NO6. The first-order valence-electron chi connectivity index (χ1n) is 9.57. The van der Waals surface area contributed by atoms with E-state index in [-0.39, 0.29) is 30.6 Å². The zero-order chi connectivity index (χ0) is 22.4. The van der Waals surface area contributed by atoms with Crippen LogP contribution in [0.25, 0.3) is 11.1 Å². The Balaban J connectivity index is 1.89. The molecule has 0 aromatic heterocycles. The van der Waals surface area contributed by atoms with Gasteiger partial charge in [0.2, 0.25) is 0 Å². The minimum atomic E-state index is -1.33. The van der Waals surface area contributed by atoms with Crippen molar-refractivity contribution in [1.29, 1.82) is 0 Å². The number of hydrogen-bond donors (Lipinski definition) is 3. The van der Waals surface area contributed by atoms with Crippen LogP contribution in [0.15, 0.2) is 72.8 Å². The number of rotatable bonds is 9. The monoisotopic (exact) mass is 419 g/mol.